The molecule has 2 aromatic carbocycles. The first-order valence-electron chi connectivity index (χ1n) is 8.13. The Bertz CT molecular complexity index is 736. The zero-order valence-electron chi connectivity index (χ0n) is 14.0. The van der Waals surface area contributed by atoms with Gasteiger partial charge in [-0.15, -0.1) is 11.8 Å². The number of ether oxygens (including phenoxy) is 2. The SMILES string of the molecule is C[C@H](NC(=O)CSCc1ccc(Cl)cc1)c1ccc2c(c1)OCCO2. The van der Waals surface area contributed by atoms with E-state index in [4.69, 9.17) is 21.1 Å². The maximum absolute atomic E-state index is 12.2. The van der Waals surface area contributed by atoms with Crippen LogP contribution in [0.2, 0.25) is 5.02 Å². The summed E-state index contributed by atoms with van der Waals surface area (Å²) in [7, 11) is 0. The fourth-order valence-electron chi connectivity index (χ4n) is 2.54. The third kappa shape index (κ3) is 5.06. The van der Waals surface area contributed by atoms with E-state index in [0.29, 0.717) is 19.0 Å². The summed E-state index contributed by atoms with van der Waals surface area (Å²) in [6, 6.07) is 13.4. The van der Waals surface area contributed by atoms with Crippen molar-refractivity contribution >= 4 is 29.3 Å². The van der Waals surface area contributed by atoms with Gasteiger partial charge in [-0.2, -0.15) is 0 Å². The molecule has 0 aromatic heterocycles. The lowest BCUT2D eigenvalue weighted by Crippen LogP contribution is -2.28. The van der Waals surface area contributed by atoms with Crippen LogP contribution in [-0.2, 0) is 10.5 Å². The maximum atomic E-state index is 12.2. The summed E-state index contributed by atoms with van der Waals surface area (Å²) < 4.78 is 11.1. The first-order valence-corrected chi connectivity index (χ1v) is 9.66. The van der Waals surface area contributed by atoms with Gasteiger partial charge in [-0.3, -0.25) is 4.79 Å². The van der Waals surface area contributed by atoms with E-state index in [1.165, 1.54) is 0 Å². The number of hydrogen-bond donors (Lipinski definition) is 1. The third-order valence-electron chi connectivity index (χ3n) is 3.86. The summed E-state index contributed by atoms with van der Waals surface area (Å²) in [5.41, 5.74) is 2.15. The lowest BCUT2D eigenvalue weighted by Gasteiger charge is -2.21. The number of thioether (sulfide) groups is 1. The molecule has 0 unspecified atom stereocenters. The van der Waals surface area contributed by atoms with E-state index < -0.39 is 0 Å². The molecule has 2 aromatic rings. The number of amides is 1. The highest BCUT2D eigenvalue weighted by molar-refractivity contribution is 7.99. The molecular formula is C19H20ClNO3S. The second-order valence-electron chi connectivity index (χ2n) is 5.81. The monoisotopic (exact) mass is 377 g/mol. The molecule has 0 bridgehead atoms. The number of halogens is 1. The van der Waals surface area contributed by atoms with Crippen molar-refractivity contribution in [2.45, 2.75) is 18.7 Å². The van der Waals surface area contributed by atoms with Crippen LogP contribution in [0, 0.1) is 0 Å². The molecule has 1 amide bonds. The van der Waals surface area contributed by atoms with Crippen LogP contribution < -0.4 is 14.8 Å². The summed E-state index contributed by atoms with van der Waals surface area (Å²) in [5.74, 6) is 2.70. The summed E-state index contributed by atoms with van der Waals surface area (Å²) in [5, 5.41) is 3.74. The van der Waals surface area contributed by atoms with Crippen molar-refractivity contribution in [2.75, 3.05) is 19.0 Å². The molecule has 0 saturated heterocycles. The minimum atomic E-state index is -0.0838. The summed E-state index contributed by atoms with van der Waals surface area (Å²) in [6.45, 7) is 3.09. The van der Waals surface area contributed by atoms with Gasteiger partial charge in [0.15, 0.2) is 11.5 Å². The highest BCUT2D eigenvalue weighted by Gasteiger charge is 2.15. The molecule has 6 heteroatoms. The van der Waals surface area contributed by atoms with E-state index in [2.05, 4.69) is 5.32 Å². The second kappa shape index (κ2) is 8.50. The van der Waals surface area contributed by atoms with Crippen LogP contribution >= 0.6 is 23.4 Å². The van der Waals surface area contributed by atoms with Gasteiger partial charge in [0, 0.05) is 10.8 Å². The Kier molecular flexibility index (Phi) is 6.10. The minimum absolute atomic E-state index is 0.0151. The molecule has 0 saturated carbocycles. The van der Waals surface area contributed by atoms with Gasteiger partial charge in [0.25, 0.3) is 0 Å². The predicted molar refractivity (Wildman–Crippen MR) is 102 cm³/mol. The van der Waals surface area contributed by atoms with Crippen molar-refractivity contribution in [3.8, 4) is 11.5 Å². The molecule has 0 fully saturated rings. The van der Waals surface area contributed by atoms with Gasteiger partial charge >= 0.3 is 0 Å². The molecule has 0 spiro atoms. The van der Waals surface area contributed by atoms with E-state index in [9.17, 15) is 4.79 Å². The summed E-state index contributed by atoms with van der Waals surface area (Å²) in [4.78, 5) is 12.2. The number of nitrogens with one attached hydrogen (secondary N) is 1. The van der Waals surface area contributed by atoms with Crippen molar-refractivity contribution in [3.05, 3.63) is 58.6 Å². The van der Waals surface area contributed by atoms with Crippen LogP contribution in [-0.4, -0.2) is 24.9 Å². The Morgan fingerprint density at radius 1 is 1.16 bits per heavy atom. The van der Waals surface area contributed by atoms with E-state index in [1.54, 1.807) is 11.8 Å². The van der Waals surface area contributed by atoms with Crippen LogP contribution in [0.15, 0.2) is 42.5 Å². The van der Waals surface area contributed by atoms with Gasteiger partial charge in [0.05, 0.1) is 11.8 Å². The second-order valence-corrected chi connectivity index (χ2v) is 7.23. The minimum Gasteiger partial charge on any atom is -0.486 e. The molecule has 1 heterocycles. The number of rotatable bonds is 6. The number of hydrogen-bond acceptors (Lipinski definition) is 4. The van der Waals surface area contributed by atoms with E-state index in [1.807, 2.05) is 49.4 Å². The first-order chi connectivity index (χ1) is 12.1. The molecule has 0 radical (unpaired) electrons. The molecule has 0 aliphatic carbocycles. The van der Waals surface area contributed by atoms with Gasteiger partial charge in [-0.25, -0.2) is 0 Å². The molecular weight excluding hydrogens is 358 g/mol. The molecule has 1 aliphatic heterocycles. The van der Waals surface area contributed by atoms with Crippen molar-refractivity contribution in [1.82, 2.24) is 5.32 Å². The Labute approximate surface area is 156 Å². The first kappa shape index (κ1) is 18.0. The van der Waals surface area contributed by atoms with Crippen LogP contribution in [0.5, 0.6) is 11.5 Å². The molecule has 3 rings (SSSR count). The quantitative estimate of drug-likeness (QED) is 0.818. The lowest BCUT2D eigenvalue weighted by molar-refractivity contribution is -0.119. The zero-order valence-corrected chi connectivity index (χ0v) is 15.5. The highest BCUT2D eigenvalue weighted by atomic mass is 35.5. The fourth-order valence-corrected chi connectivity index (χ4v) is 3.46. The predicted octanol–water partition coefficient (Wildman–Crippen LogP) is 4.22. The van der Waals surface area contributed by atoms with Crippen LogP contribution in [0.4, 0.5) is 0 Å². The van der Waals surface area contributed by atoms with E-state index in [0.717, 1.165) is 33.4 Å². The number of carbonyl (C=O) groups excluding carboxylic acids is 1. The normalized spacial score (nSPS) is 14.0. The number of carbonyl (C=O) groups is 1. The molecule has 132 valence electrons. The molecule has 25 heavy (non-hydrogen) atoms. The van der Waals surface area contributed by atoms with Crippen LogP contribution in [0.1, 0.15) is 24.1 Å². The van der Waals surface area contributed by atoms with Crippen molar-refractivity contribution in [3.63, 3.8) is 0 Å². The average Bonchev–Trinajstić information content (AvgIpc) is 2.63. The van der Waals surface area contributed by atoms with Crippen LogP contribution in [0.3, 0.4) is 0 Å². The molecule has 1 N–H and O–H groups in total. The Balaban J connectivity index is 1.48. The lowest BCUT2D eigenvalue weighted by atomic mass is 10.1. The van der Waals surface area contributed by atoms with Gasteiger partial charge in [0.1, 0.15) is 13.2 Å². The van der Waals surface area contributed by atoms with Gasteiger partial charge in [0.2, 0.25) is 5.91 Å². The van der Waals surface area contributed by atoms with Crippen molar-refractivity contribution in [2.24, 2.45) is 0 Å². The Morgan fingerprint density at radius 3 is 2.64 bits per heavy atom. The smallest absolute Gasteiger partial charge is 0.230 e. The Hall–Kier alpha value is -1.85. The fraction of sp³-hybridized carbons (Fsp3) is 0.316. The maximum Gasteiger partial charge on any atom is 0.230 e. The highest BCUT2D eigenvalue weighted by Crippen LogP contribution is 2.32. The number of fused-ring (bicyclic) bond motifs is 1. The van der Waals surface area contributed by atoms with E-state index >= 15 is 0 Å². The standard InChI is InChI=1S/C19H20ClNO3S/c1-13(15-4-7-17-18(10-15)24-9-8-23-17)21-19(22)12-25-11-14-2-5-16(20)6-3-14/h2-7,10,13H,8-9,11-12H2,1H3,(H,21,22)/t13-/m0/s1. The topological polar surface area (TPSA) is 47.6 Å². The number of benzene rings is 2. The molecule has 1 atom stereocenters. The molecule has 4 nitrogen and oxygen atoms in total. The Morgan fingerprint density at radius 2 is 1.88 bits per heavy atom. The van der Waals surface area contributed by atoms with Gasteiger partial charge in [-0.1, -0.05) is 29.8 Å². The largest absolute Gasteiger partial charge is 0.486 e. The third-order valence-corrected chi connectivity index (χ3v) is 5.11. The average molecular weight is 378 g/mol. The van der Waals surface area contributed by atoms with E-state index in [-0.39, 0.29) is 11.9 Å². The zero-order chi connectivity index (χ0) is 17.6. The van der Waals surface area contributed by atoms with Gasteiger partial charge in [-0.05, 0) is 42.3 Å². The van der Waals surface area contributed by atoms with Crippen molar-refractivity contribution < 1.29 is 14.3 Å². The molecule has 1 aliphatic rings. The summed E-state index contributed by atoms with van der Waals surface area (Å²) >= 11 is 7.45. The van der Waals surface area contributed by atoms with Crippen LogP contribution in [0.25, 0.3) is 0 Å². The van der Waals surface area contributed by atoms with Crippen molar-refractivity contribution in [1.29, 1.82) is 0 Å². The summed E-state index contributed by atoms with van der Waals surface area (Å²) in [6.07, 6.45) is 0. The van der Waals surface area contributed by atoms with Gasteiger partial charge < -0.3 is 14.8 Å².